The van der Waals surface area contributed by atoms with Crippen LogP contribution in [0, 0.1) is 11.8 Å². The molecular formula is C24H28N8O4S. The number of aromatic nitrogens is 5. The monoisotopic (exact) mass is 524 g/mol. The number of carbonyl (C=O) groups excluding carboxylic acids is 2. The molecule has 0 aromatic carbocycles. The molecule has 3 aliphatic carbocycles. The molecule has 3 aromatic heterocycles. The van der Waals surface area contributed by atoms with Crippen LogP contribution in [-0.2, 0) is 24.7 Å². The van der Waals surface area contributed by atoms with Gasteiger partial charge in [-0.1, -0.05) is 0 Å². The summed E-state index contributed by atoms with van der Waals surface area (Å²) in [6.45, 7) is 0.658. The molecule has 3 heterocycles. The first-order valence-corrected chi connectivity index (χ1v) is 13.4. The number of nitrogens with zero attached hydrogens (tertiary/aromatic N) is 5. The molecule has 2 amide bonds. The van der Waals surface area contributed by atoms with E-state index < -0.39 is 5.97 Å². The van der Waals surface area contributed by atoms with Gasteiger partial charge < -0.3 is 21.1 Å². The number of amides is 2. The number of anilines is 3. The fourth-order valence-electron chi connectivity index (χ4n) is 4.74. The van der Waals surface area contributed by atoms with Gasteiger partial charge in [0.1, 0.15) is 17.1 Å². The summed E-state index contributed by atoms with van der Waals surface area (Å²) in [6, 6.07) is 1.42. The fourth-order valence-corrected chi connectivity index (χ4v) is 5.99. The van der Waals surface area contributed by atoms with Crippen LogP contribution in [0.2, 0.25) is 0 Å². The number of carbonyl (C=O) groups is 3. The van der Waals surface area contributed by atoms with E-state index in [0.717, 1.165) is 49.0 Å². The van der Waals surface area contributed by atoms with Gasteiger partial charge in [-0.05, 0) is 56.4 Å². The van der Waals surface area contributed by atoms with E-state index in [9.17, 15) is 19.5 Å². The molecule has 2 saturated carbocycles. The molecule has 0 unspecified atom stereocenters. The number of rotatable bonds is 9. The lowest BCUT2D eigenvalue weighted by molar-refractivity contribution is -0.117. The molecule has 2 fully saturated rings. The zero-order valence-corrected chi connectivity index (χ0v) is 21.2. The minimum absolute atomic E-state index is 0.00593. The number of carboxylic acids is 1. The Kier molecular flexibility index (Phi) is 5.94. The van der Waals surface area contributed by atoms with Gasteiger partial charge in [-0.2, -0.15) is 5.10 Å². The molecule has 0 spiro atoms. The van der Waals surface area contributed by atoms with Crippen molar-refractivity contribution in [1.29, 1.82) is 0 Å². The molecule has 0 saturated heterocycles. The van der Waals surface area contributed by atoms with Gasteiger partial charge in [0.25, 0.3) is 5.91 Å². The van der Waals surface area contributed by atoms with Gasteiger partial charge >= 0.3 is 5.97 Å². The van der Waals surface area contributed by atoms with Crippen LogP contribution in [0.3, 0.4) is 0 Å². The van der Waals surface area contributed by atoms with Crippen LogP contribution in [0.25, 0.3) is 0 Å². The summed E-state index contributed by atoms with van der Waals surface area (Å²) in [7, 11) is 1.65. The molecule has 13 heteroatoms. The second-order valence-corrected chi connectivity index (χ2v) is 11.2. The van der Waals surface area contributed by atoms with E-state index in [1.54, 1.807) is 13.4 Å². The number of hydrogen-bond acceptors (Lipinski definition) is 8. The average molecular weight is 525 g/mol. The Bertz CT molecular complexity index is 1380. The number of thiophene rings is 1. The predicted octanol–water partition coefficient (Wildman–Crippen LogP) is 2.73. The van der Waals surface area contributed by atoms with Crippen LogP contribution < -0.4 is 16.0 Å². The van der Waals surface area contributed by atoms with Crippen LogP contribution in [0.1, 0.15) is 69.4 Å². The fraction of sp³-hybridized carbons (Fsp3) is 0.500. The number of aromatic carboxylic acids is 1. The first kappa shape index (κ1) is 23.6. The van der Waals surface area contributed by atoms with E-state index in [4.69, 9.17) is 0 Å². The van der Waals surface area contributed by atoms with Crippen molar-refractivity contribution < 1.29 is 19.5 Å². The van der Waals surface area contributed by atoms with E-state index in [-0.39, 0.29) is 29.5 Å². The molecule has 6 rings (SSSR count). The summed E-state index contributed by atoms with van der Waals surface area (Å²) >= 11 is 1.51. The Morgan fingerprint density at radius 3 is 2.70 bits per heavy atom. The lowest BCUT2D eigenvalue weighted by Crippen LogP contribution is -2.28. The smallest absolute Gasteiger partial charge is 0.356 e. The van der Waals surface area contributed by atoms with Gasteiger partial charge in [0.2, 0.25) is 11.9 Å². The summed E-state index contributed by atoms with van der Waals surface area (Å²) in [6.07, 6.45) is 7.89. The highest BCUT2D eigenvalue weighted by Crippen LogP contribution is 2.43. The maximum atomic E-state index is 13.3. The second-order valence-electron chi connectivity index (χ2n) is 10.1. The van der Waals surface area contributed by atoms with Crippen LogP contribution in [0.4, 0.5) is 16.8 Å². The Morgan fingerprint density at radius 1 is 1.19 bits per heavy atom. The molecule has 194 valence electrons. The lowest BCUT2D eigenvalue weighted by atomic mass is 9.91. The first-order chi connectivity index (χ1) is 17.9. The van der Waals surface area contributed by atoms with E-state index >= 15 is 0 Å². The molecule has 4 N–H and O–H groups in total. The van der Waals surface area contributed by atoms with Gasteiger partial charge in [-0.25, -0.2) is 4.79 Å². The maximum absolute atomic E-state index is 13.3. The topological polar surface area (TPSA) is 156 Å². The lowest BCUT2D eigenvalue weighted by Gasteiger charge is -2.25. The molecule has 12 nitrogen and oxygen atoms in total. The average Bonchev–Trinajstić information content (AvgIpc) is 3.78. The molecular weight excluding hydrogens is 496 g/mol. The van der Waals surface area contributed by atoms with Crippen molar-refractivity contribution in [2.75, 3.05) is 17.2 Å². The summed E-state index contributed by atoms with van der Waals surface area (Å²) in [5, 5.41) is 31.4. The molecule has 0 radical (unpaired) electrons. The minimum Gasteiger partial charge on any atom is -0.476 e. The highest BCUT2D eigenvalue weighted by atomic mass is 32.1. The Morgan fingerprint density at radius 2 is 2.00 bits per heavy atom. The molecule has 0 aliphatic heterocycles. The highest BCUT2D eigenvalue weighted by Gasteiger charge is 2.35. The summed E-state index contributed by atoms with van der Waals surface area (Å²) < 4.78 is 3.36. The first-order valence-electron chi connectivity index (χ1n) is 12.5. The second kappa shape index (κ2) is 9.29. The maximum Gasteiger partial charge on any atom is 0.356 e. The molecule has 1 atom stereocenters. The number of fused-ring (bicyclic) bond motifs is 1. The third-order valence-corrected chi connectivity index (χ3v) is 8.41. The van der Waals surface area contributed by atoms with Gasteiger partial charge in [0.15, 0.2) is 5.69 Å². The van der Waals surface area contributed by atoms with Crippen molar-refractivity contribution in [3.05, 3.63) is 34.1 Å². The van der Waals surface area contributed by atoms with Crippen LogP contribution >= 0.6 is 11.3 Å². The molecule has 3 aromatic rings. The van der Waals surface area contributed by atoms with Crippen molar-refractivity contribution in [2.45, 2.75) is 51.0 Å². The summed E-state index contributed by atoms with van der Waals surface area (Å²) in [4.78, 5) is 38.3. The van der Waals surface area contributed by atoms with E-state index in [2.05, 4.69) is 31.2 Å². The van der Waals surface area contributed by atoms with Crippen molar-refractivity contribution in [1.82, 2.24) is 29.9 Å². The highest BCUT2D eigenvalue weighted by molar-refractivity contribution is 7.17. The zero-order chi connectivity index (χ0) is 25.7. The van der Waals surface area contributed by atoms with Crippen molar-refractivity contribution in [3.63, 3.8) is 0 Å². The van der Waals surface area contributed by atoms with Crippen LogP contribution in [-0.4, -0.2) is 54.0 Å². The minimum atomic E-state index is -1.11. The zero-order valence-electron chi connectivity index (χ0n) is 20.4. The molecule has 37 heavy (non-hydrogen) atoms. The summed E-state index contributed by atoms with van der Waals surface area (Å²) in [5.41, 5.74) is 1.48. The standard InChI is InChI=1S/C24H28N8O4S/c1-31-18(9-16(30-31)23(35)36)27-24-29-26-11-32(24)14-6-7-17-15(8-14)19(21(34)25-10-12-2-3-12)22(37-17)28-20(33)13-4-5-13/h9,11-14H,2-8,10H2,1H3,(H,25,34)(H,27,29)(H,28,33)(H,35,36)/t14-/m0/s1. The van der Waals surface area contributed by atoms with Gasteiger partial charge in [0, 0.05) is 36.5 Å². The van der Waals surface area contributed by atoms with Gasteiger partial charge in [0.05, 0.1) is 5.56 Å². The largest absolute Gasteiger partial charge is 0.476 e. The normalized spacial score (nSPS) is 18.8. The number of aryl methyl sites for hydroxylation is 2. The number of carboxylic acid groups (broad SMARTS) is 1. The number of hydrogen-bond donors (Lipinski definition) is 4. The third kappa shape index (κ3) is 4.82. The summed E-state index contributed by atoms with van der Waals surface area (Å²) in [5.74, 6) is 0.292. The van der Waals surface area contributed by atoms with Gasteiger partial charge in [-0.15, -0.1) is 21.5 Å². The predicted molar refractivity (Wildman–Crippen MR) is 135 cm³/mol. The van der Waals surface area contributed by atoms with E-state index in [1.807, 2.05) is 4.57 Å². The molecule has 3 aliphatic rings. The third-order valence-electron chi connectivity index (χ3n) is 7.20. The Balaban J connectivity index is 1.26. The number of nitrogens with one attached hydrogen (secondary N) is 3. The van der Waals surface area contributed by atoms with Crippen molar-refractivity contribution in [3.8, 4) is 0 Å². The van der Waals surface area contributed by atoms with Crippen molar-refractivity contribution >= 4 is 45.9 Å². The van der Waals surface area contributed by atoms with Crippen molar-refractivity contribution in [2.24, 2.45) is 18.9 Å². The van der Waals surface area contributed by atoms with Crippen LogP contribution in [0.5, 0.6) is 0 Å². The van der Waals surface area contributed by atoms with Gasteiger partial charge in [-0.3, -0.25) is 18.8 Å². The van der Waals surface area contributed by atoms with E-state index in [1.165, 1.54) is 22.1 Å². The quantitative estimate of drug-likeness (QED) is 0.333. The van der Waals surface area contributed by atoms with Crippen LogP contribution in [0.15, 0.2) is 12.4 Å². The Hall–Kier alpha value is -3.74. The Labute approximate surface area is 216 Å². The van der Waals surface area contributed by atoms with E-state index in [0.29, 0.717) is 41.2 Å². The molecule has 0 bridgehead atoms. The SMILES string of the molecule is Cn1nc(C(=O)O)cc1Nc1nncn1[C@H]1CCc2sc(NC(=O)C3CC3)c(C(=O)NCC3CC3)c2C1.